The number of methoxy groups -OCH3 is 1. The summed E-state index contributed by atoms with van der Waals surface area (Å²) < 4.78 is 77.0. The first-order valence-corrected chi connectivity index (χ1v) is 4.36. The van der Waals surface area contributed by atoms with Gasteiger partial charge >= 0.3 is 18.3 Å². The molecule has 0 unspecified atom stereocenters. The van der Waals surface area contributed by atoms with Crippen LogP contribution in [0.25, 0.3) is 0 Å². The molecular formula is C8H9F6NO3. The summed E-state index contributed by atoms with van der Waals surface area (Å²) in [6.45, 7) is -1.00. The first-order valence-electron chi connectivity index (χ1n) is 4.36. The van der Waals surface area contributed by atoms with E-state index in [1.807, 2.05) is 0 Å². The number of halogens is 6. The fourth-order valence-electron chi connectivity index (χ4n) is 1.02. The van der Waals surface area contributed by atoms with E-state index in [9.17, 15) is 35.9 Å². The second-order valence-corrected chi connectivity index (χ2v) is 3.29. The van der Waals surface area contributed by atoms with Crippen molar-refractivity contribution in [1.29, 1.82) is 0 Å². The standard InChI is InChI=1S/C8H9F6NO3/c1-15(3-4(16)18-2)6(17)5(7(9,10)11)8(12,13)14/h5H,3H2,1-2H3. The molecule has 0 radical (unpaired) electrons. The molecule has 0 aromatic carbocycles. The number of hydrogen-bond acceptors (Lipinski definition) is 3. The number of carbonyl (C=O) groups is 2. The average molecular weight is 281 g/mol. The number of carbonyl (C=O) groups excluding carboxylic acids is 2. The first-order chi connectivity index (χ1) is 7.91. The van der Waals surface area contributed by atoms with E-state index in [0.29, 0.717) is 7.05 Å². The highest BCUT2D eigenvalue weighted by Crippen LogP contribution is 2.40. The van der Waals surface area contributed by atoms with Crippen LogP contribution in [-0.4, -0.2) is 49.8 Å². The van der Waals surface area contributed by atoms with Gasteiger partial charge in [-0.05, 0) is 0 Å². The Kier molecular flexibility index (Phi) is 4.99. The molecule has 0 rings (SSSR count). The van der Waals surface area contributed by atoms with E-state index >= 15 is 0 Å². The molecule has 0 atom stereocenters. The zero-order valence-corrected chi connectivity index (χ0v) is 9.22. The molecule has 0 fully saturated rings. The van der Waals surface area contributed by atoms with Gasteiger partial charge in [-0.1, -0.05) is 0 Å². The van der Waals surface area contributed by atoms with Crippen molar-refractivity contribution >= 4 is 11.9 Å². The maximum atomic E-state index is 12.2. The molecule has 10 heteroatoms. The smallest absolute Gasteiger partial charge is 0.409 e. The molecule has 0 saturated heterocycles. The fraction of sp³-hybridized carbons (Fsp3) is 0.750. The van der Waals surface area contributed by atoms with Gasteiger partial charge in [0.15, 0.2) is 0 Å². The van der Waals surface area contributed by atoms with Gasteiger partial charge in [0.2, 0.25) is 11.8 Å². The third kappa shape index (κ3) is 4.41. The number of esters is 1. The predicted octanol–water partition coefficient (Wildman–Crippen LogP) is 1.36. The van der Waals surface area contributed by atoms with E-state index in [0.717, 1.165) is 7.11 Å². The fourth-order valence-corrected chi connectivity index (χ4v) is 1.02. The number of rotatable bonds is 3. The molecular weight excluding hydrogens is 272 g/mol. The SMILES string of the molecule is COC(=O)CN(C)C(=O)C(C(F)(F)F)C(F)(F)F. The lowest BCUT2D eigenvalue weighted by molar-refractivity contribution is -0.277. The van der Waals surface area contributed by atoms with Gasteiger partial charge in [0.1, 0.15) is 6.54 Å². The van der Waals surface area contributed by atoms with Crippen molar-refractivity contribution in [2.45, 2.75) is 12.4 Å². The molecule has 0 aromatic rings. The van der Waals surface area contributed by atoms with Crippen LogP contribution in [0.4, 0.5) is 26.3 Å². The summed E-state index contributed by atoms with van der Waals surface area (Å²) in [6.07, 6.45) is -11.6. The Balaban J connectivity index is 5.05. The Bertz CT molecular complexity index is 310. The number of ether oxygens (including phenoxy) is 1. The van der Waals surface area contributed by atoms with Crippen LogP contribution < -0.4 is 0 Å². The monoisotopic (exact) mass is 281 g/mol. The van der Waals surface area contributed by atoms with E-state index in [4.69, 9.17) is 0 Å². The quantitative estimate of drug-likeness (QED) is 0.579. The third-order valence-corrected chi connectivity index (χ3v) is 1.87. The van der Waals surface area contributed by atoms with Crippen molar-refractivity contribution in [3.63, 3.8) is 0 Å². The second-order valence-electron chi connectivity index (χ2n) is 3.29. The van der Waals surface area contributed by atoms with Crippen LogP contribution in [0.3, 0.4) is 0 Å². The average Bonchev–Trinajstić information content (AvgIpc) is 2.12. The summed E-state index contributed by atoms with van der Waals surface area (Å²) in [5.41, 5.74) is 0. The van der Waals surface area contributed by atoms with Crippen molar-refractivity contribution in [2.75, 3.05) is 20.7 Å². The second kappa shape index (κ2) is 5.44. The van der Waals surface area contributed by atoms with Crippen LogP contribution >= 0.6 is 0 Å². The molecule has 4 nitrogen and oxygen atoms in total. The van der Waals surface area contributed by atoms with Crippen molar-refractivity contribution in [3.05, 3.63) is 0 Å². The van der Waals surface area contributed by atoms with Crippen LogP contribution in [0.2, 0.25) is 0 Å². The summed E-state index contributed by atoms with van der Waals surface area (Å²) in [4.78, 5) is 21.7. The van der Waals surface area contributed by atoms with E-state index in [1.54, 1.807) is 0 Å². The van der Waals surface area contributed by atoms with Gasteiger partial charge in [-0.25, -0.2) is 0 Å². The largest absolute Gasteiger partial charge is 0.468 e. The third-order valence-electron chi connectivity index (χ3n) is 1.87. The van der Waals surface area contributed by atoms with Crippen LogP contribution in [-0.2, 0) is 14.3 Å². The van der Waals surface area contributed by atoms with E-state index < -0.39 is 36.7 Å². The van der Waals surface area contributed by atoms with Crippen molar-refractivity contribution in [2.24, 2.45) is 5.92 Å². The molecule has 1 amide bonds. The maximum Gasteiger partial charge on any atom is 0.409 e. The molecule has 0 bridgehead atoms. The zero-order chi connectivity index (χ0) is 14.7. The summed E-state index contributed by atoms with van der Waals surface area (Å²) in [6, 6.07) is 0. The van der Waals surface area contributed by atoms with Crippen LogP contribution in [0.15, 0.2) is 0 Å². The maximum absolute atomic E-state index is 12.2. The molecule has 0 saturated carbocycles. The Morgan fingerprint density at radius 1 is 1.11 bits per heavy atom. The first kappa shape index (κ1) is 16.5. The van der Waals surface area contributed by atoms with Crippen molar-refractivity contribution < 1.29 is 40.7 Å². The summed E-state index contributed by atoms with van der Waals surface area (Å²) >= 11 is 0. The Hall–Kier alpha value is -1.48. The van der Waals surface area contributed by atoms with E-state index in [-0.39, 0.29) is 4.90 Å². The Morgan fingerprint density at radius 3 is 1.78 bits per heavy atom. The lowest BCUT2D eigenvalue weighted by Gasteiger charge is -2.26. The lowest BCUT2D eigenvalue weighted by Crippen LogP contribution is -2.49. The molecule has 106 valence electrons. The molecule has 0 spiro atoms. The van der Waals surface area contributed by atoms with E-state index in [1.165, 1.54) is 0 Å². The lowest BCUT2D eigenvalue weighted by atomic mass is 10.1. The van der Waals surface area contributed by atoms with Gasteiger partial charge < -0.3 is 9.64 Å². The summed E-state index contributed by atoms with van der Waals surface area (Å²) in [5, 5.41) is 0. The minimum Gasteiger partial charge on any atom is -0.468 e. The molecule has 0 aliphatic rings. The normalized spacial score (nSPS) is 12.5. The number of amides is 1. The Morgan fingerprint density at radius 2 is 1.50 bits per heavy atom. The number of nitrogens with zero attached hydrogens (tertiary/aromatic N) is 1. The minimum absolute atomic E-state index is 0.0114. The molecule has 18 heavy (non-hydrogen) atoms. The van der Waals surface area contributed by atoms with Gasteiger partial charge in [0, 0.05) is 7.05 Å². The predicted molar refractivity (Wildman–Crippen MR) is 45.3 cm³/mol. The summed E-state index contributed by atoms with van der Waals surface area (Å²) in [5.74, 6) is -7.55. The van der Waals surface area contributed by atoms with Crippen LogP contribution in [0.1, 0.15) is 0 Å². The highest BCUT2D eigenvalue weighted by molar-refractivity contribution is 5.84. The molecule has 0 aliphatic heterocycles. The highest BCUT2D eigenvalue weighted by Gasteiger charge is 2.61. The van der Waals surface area contributed by atoms with Crippen molar-refractivity contribution in [3.8, 4) is 0 Å². The number of hydrogen-bond donors (Lipinski definition) is 0. The van der Waals surface area contributed by atoms with Gasteiger partial charge in [-0.2, -0.15) is 26.3 Å². The minimum atomic E-state index is -5.78. The number of alkyl halides is 6. The van der Waals surface area contributed by atoms with Gasteiger partial charge in [0.25, 0.3) is 0 Å². The van der Waals surface area contributed by atoms with Gasteiger partial charge in [-0.3, -0.25) is 9.59 Å². The molecule has 0 aromatic heterocycles. The molecule has 0 heterocycles. The van der Waals surface area contributed by atoms with Gasteiger partial charge in [-0.15, -0.1) is 0 Å². The Labute approximate surface area is 97.5 Å². The van der Waals surface area contributed by atoms with Crippen LogP contribution in [0, 0.1) is 5.92 Å². The van der Waals surface area contributed by atoms with E-state index in [2.05, 4.69) is 4.74 Å². The zero-order valence-electron chi connectivity index (χ0n) is 9.22. The van der Waals surface area contributed by atoms with Gasteiger partial charge in [0.05, 0.1) is 7.11 Å². The topological polar surface area (TPSA) is 46.6 Å². The summed E-state index contributed by atoms with van der Waals surface area (Å²) in [7, 11) is 1.52. The van der Waals surface area contributed by atoms with Crippen molar-refractivity contribution in [1.82, 2.24) is 4.90 Å². The highest BCUT2D eigenvalue weighted by atomic mass is 19.4. The number of likely N-dealkylation sites (N-methyl/N-ethyl adjacent to an activating group) is 1. The molecule has 0 aliphatic carbocycles. The van der Waals surface area contributed by atoms with Crippen LogP contribution in [0.5, 0.6) is 0 Å². The molecule has 0 N–H and O–H groups in total.